The molecular weight excluding hydrogens is 271 g/mol. The van der Waals surface area contributed by atoms with Crippen molar-refractivity contribution < 1.29 is 19.0 Å². The van der Waals surface area contributed by atoms with E-state index < -0.39 is 11.9 Å². The van der Waals surface area contributed by atoms with Crippen molar-refractivity contribution in [1.82, 2.24) is 0 Å². The Kier molecular flexibility index (Phi) is 5.17. The topological polar surface area (TPSA) is 38.7 Å². The lowest BCUT2D eigenvalue weighted by Crippen LogP contribution is -2.00. The average molecular weight is 290 g/mol. The van der Waals surface area contributed by atoms with Crippen molar-refractivity contribution in [3.05, 3.63) is 53.8 Å². The minimum Gasteiger partial charge on any atom is -0.494 e. The molecule has 0 spiro atoms. The third-order valence-corrected chi connectivity index (χ3v) is 2.96. The normalized spacial score (nSPS) is 12.0. The second kappa shape index (κ2) is 7.09. The Morgan fingerprint density at radius 2 is 1.76 bits per heavy atom. The Bertz CT molecular complexity index is 579. The molecule has 0 radical (unpaired) electrons. The Balaban J connectivity index is 2.17. The molecule has 0 aliphatic carbocycles. The van der Waals surface area contributed by atoms with Gasteiger partial charge in [0, 0.05) is 0 Å². The fourth-order valence-electron chi connectivity index (χ4n) is 1.96. The van der Waals surface area contributed by atoms with Gasteiger partial charge in [-0.15, -0.1) is 0 Å². The quantitative estimate of drug-likeness (QED) is 0.853. The third-order valence-electron chi connectivity index (χ3n) is 2.96. The van der Waals surface area contributed by atoms with E-state index in [-0.39, 0.29) is 5.56 Å². The van der Waals surface area contributed by atoms with Gasteiger partial charge in [0.25, 0.3) is 0 Å². The molecule has 0 aliphatic heterocycles. The van der Waals surface area contributed by atoms with Gasteiger partial charge in [0.1, 0.15) is 23.1 Å². The molecule has 0 unspecified atom stereocenters. The number of ether oxygens (including phenoxy) is 2. The van der Waals surface area contributed by atoms with Gasteiger partial charge in [-0.25, -0.2) is 4.39 Å². The first kappa shape index (κ1) is 15.3. The first-order valence-corrected chi connectivity index (χ1v) is 6.99. The lowest BCUT2D eigenvalue weighted by Gasteiger charge is -2.14. The first-order chi connectivity index (χ1) is 10.1. The summed E-state index contributed by atoms with van der Waals surface area (Å²) >= 11 is 0. The van der Waals surface area contributed by atoms with Crippen molar-refractivity contribution in [2.75, 3.05) is 6.61 Å². The summed E-state index contributed by atoms with van der Waals surface area (Å²) in [5.41, 5.74) is 0.156. The predicted molar refractivity (Wildman–Crippen MR) is 79.3 cm³/mol. The highest BCUT2D eigenvalue weighted by molar-refractivity contribution is 5.41. The number of hydrogen-bond donors (Lipinski definition) is 1. The largest absolute Gasteiger partial charge is 0.494 e. The maximum absolute atomic E-state index is 13.7. The molecule has 0 saturated carbocycles. The molecule has 1 atom stereocenters. The van der Waals surface area contributed by atoms with E-state index >= 15 is 0 Å². The summed E-state index contributed by atoms with van der Waals surface area (Å²) in [4.78, 5) is 0. The fourth-order valence-corrected chi connectivity index (χ4v) is 1.96. The van der Waals surface area contributed by atoms with Gasteiger partial charge in [0.05, 0.1) is 18.3 Å². The zero-order chi connectivity index (χ0) is 15.2. The van der Waals surface area contributed by atoms with Gasteiger partial charge in [0.15, 0.2) is 0 Å². The number of hydrogen-bond acceptors (Lipinski definition) is 3. The van der Waals surface area contributed by atoms with Crippen LogP contribution in [0.15, 0.2) is 42.5 Å². The molecule has 0 heterocycles. The van der Waals surface area contributed by atoms with Crippen LogP contribution in [0.4, 0.5) is 4.39 Å². The van der Waals surface area contributed by atoms with Crippen molar-refractivity contribution in [3.63, 3.8) is 0 Å². The maximum Gasteiger partial charge on any atom is 0.136 e. The summed E-state index contributed by atoms with van der Waals surface area (Å²) in [7, 11) is 0. The molecule has 2 rings (SSSR count). The van der Waals surface area contributed by atoms with Crippen molar-refractivity contribution in [2.24, 2.45) is 0 Å². The second-order valence-corrected chi connectivity index (χ2v) is 4.75. The molecule has 1 N–H and O–H groups in total. The SMILES string of the molecule is CCCOc1ccc(Oc2cccc(F)c2[C@@H](C)O)cc1. The van der Waals surface area contributed by atoms with Gasteiger partial charge in [-0.1, -0.05) is 13.0 Å². The lowest BCUT2D eigenvalue weighted by atomic mass is 10.1. The molecule has 0 aromatic heterocycles. The van der Waals surface area contributed by atoms with E-state index in [9.17, 15) is 9.50 Å². The van der Waals surface area contributed by atoms with Gasteiger partial charge in [-0.05, 0) is 49.7 Å². The highest BCUT2D eigenvalue weighted by Gasteiger charge is 2.15. The predicted octanol–water partition coefficient (Wildman–Crippen LogP) is 4.46. The fraction of sp³-hybridized carbons (Fsp3) is 0.294. The zero-order valence-corrected chi connectivity index (χ0v) is 12.2. The average Bonchev–Trinajstić information content (AvgIpc) is 2.46. The van der Waals surface area contributed by atoms with E-state index in [0.29, 0.717) is 18.1 Å². The molecule has 0 saturated heterocycles. The summed E-state index contributed by atoms with van der Waals surface area (Å²) in [6.07, 6.45) is 0.00704. The van der Waals surface area contributed by atoms with Crippen LogP contribution in [0.25, 0.3) is 0 Å². The minimum atomic E-state index is -0.937. The van der Waals surface area contributed by atoms with E-state index in [0.717, 1.165) is 12.2 Å². The van der Waals surface area contributed by atoms with Crippen molar-refractivity contribution in [2.45, 2.75) is 26.4 Å². The second-order valence-electron chi connectivity index (χ2n) is 4.75. The minimum absolute atomic E-state index is 0.156. The van der Waals surface area contributed by atoms with Gasteiger partial charge in [-0.2, -0.15) is 0 Å². The van der Waals surface area contributed by atoms with Gasteiger partial charge in [-0.3, -0.25) is 0 Å². The van der Waals surface area contributed by atoms with Crippen LogP contribution in [0.3, 0.4) is 0 Å². The third kappa shape index (κ3) is 3.95. The van der Waals surface area contributed by atoms with Crippen LogP contribution in [0.2, 0.25) is 0 Å². The Morgan fingerprint density at radius 1 is 1.10 bits per heavy atom. The van der Waals surface area contributed by atoms with E-state index in [2.05, 4.69) is 0 Å². The van der Waals surface area contributed by atoms with Crippen molar-refractivity contribution in [3.8, 4) is 17.2 Å². The standard InChI is InChI=1S/C17H19FO3/c1-3-11-20-13-7-9-14(10-8-13)21-16-6-4-5-15(18)17(16)12(2)19/h4-10,12,19H,3,11H2,1-2H3/t12-/m1/s1. The van der Waals surface area contributed by atoms with E-state index in [4.69, 9.17) is 9.47 Å². The molecule has 3 nitrogen and oxygen atoms in total. The Morgan fingerprint density at radius 3 is 2.38 bits per heavy atom. The molecule has 112 valence electrons. The van der Waals surface area contributed by atoms with E-state index in [1.807, 2.05) is 6.92 Å². The molecule has 0 fully saturated rings. The number of aliphatic hydroxyl groups excluding tert-OH is 1. The maximum atomic E-state index is 13.7. The van der Waals surface area contributed by atoms with Crippen molar-refractivity contribution in [1.29, 1.82) is 0 Å². The summed E-state index contributed by atoms with van der Waals surface area (Å²) in [6, 6.07) is 11.6. The van der Waals surface area contributed by atoms with E-state index in [1.165, 1.54) is 13.0 Å². The monoisotopic (exact) mass is 290 g/mol. The smallest absolute Gasteiger partial charge is 0.136 e. The number of rotatable bonds is 6. The lowest BCUT2D eigenvalue weighted by molar-refractivity contribution is 0.190. The van der Waals surface area contributed by atoms with Crippen LogP contribution >= 0.6 is 0 Å². The van der Waals surface area contributed by atoms with Crippen LogP contribution in [-0.2, 0) is 0 Å². The van der Waals surface area contributed by atoms with Crippen LogP contribution in [0.1, 0.15) is 31.9 Å². The van der Waals surface area contributed by atoms with Crippen LogP contribution in [0, 0.1) is 5.82 Å². The molecule has 0 bridgehead atoms. The first-order valence-electron chi connectivity index (χ1n) is 6.99. The van der Waals surface area contributed by atoms with Gasteiger partial charge < -0.3 is 14.6 Å². The summed E-state index contributed by atoms with van der Waals surface area (Å²) in [6.45, 7) is 4.21. The molecule has 0 aliphatic rings. The molecule has 4 heteroatoms. The Labute approximate surface area is 124 Å². The van der Waals surface area contributed by atoms with Gasteiger partial charge in [0.2, 0.25) is 0 Å². The molecule has 0 amide bonds. The summed E-state index contributed by atoms with van der Waals surface area (Å²) in [5, 5.41) is 9.66. The van der Waals surface area contributed by atoms with Crippen LogP contribution in [0.5, 0.6) is 17.2 Å². The number of aliphatic hydroxyl groups is 1. The zero-order valence-electron chi connectivity index (χ0n) is 12.2. The number of halogens is 1. The molecule has 2 aromatic carbocycles. The molecular formula is C17H19FO3. The molecule has 21 heavy (non-hydrogen) atoms. The van der Waals surface area contributed by atoms with Crippen molar-refractivity contribution >= 4 is 0 Å². The van der Waals surface area contributed by atoms with E-state index in [1.54, 1.807) is 36.4 Å². The van der Waals surface area contributed by atoms with Crippen LogP contribution < -0.4 is 9.47 Å². The number of benzene rings is 2. The van der Waals surface area contributed by atoms with Crippen LogP contribution in [-0.4, -0.2) is 11.7 Å². The van der Waals surface area contributed by atoms with Gasteiger partial charge >= 0.3 is 0 Å². The summed E-state index contributed by atoms with van der Waals surface area (Å²) < 4.78 is 24.9. The Hall–Kier alpha value is -2.07. The highest BCUT2D eigenvalue weighted by atomic mass is 19.1. The molecule has 2 aromatic rings. The summed E-state index contributed by atoms with van der Waals surface area (Å²) in [5.74, 6) is 1.16. The highest BCUT2D eigenvalue weighted by Crippen LogP contribution is 2.32.